The van der Waals surface area contributed by atoms with Crippen molar-refractivity contribution in [1.29, 1.82) is 0 Å². The Labute approximate surface area is 275 Å². The van der Waals surface area contributed by atoms with E-state index in [-0.39, 0.29) is 11.8 Å². The predicted molar refractivity (Wildman–Crippen MR) is 181 cm³/mol. The molecule has 4 aromatic rings. The van der Waals surface area contributed by atoms with Gasteiger partial charge in [0.25, 0.3) is 5.91 Å². The average molecular weight is 655 g/mol. The minimum absolute atomic E-state index is 0.0478. The zero-order valence-corrected chi connectivity index (χ0v) is 28.0. The van der Waals surface area contributed by atoms with Crippen molar-refractivity contribution in [3.8, 4) is 17.2 Å². The summed E-state index contributed by atoms with van der Waals surface area (Å²) in [7, 11) is 8.48. The molecule has 9 nitrogen and oxygen atoms in total. The van der Waals surface area contributed by atoms with E-state index >= 15 is 0 Å². The summed E-state index contributed by atoms with van der Waals surface area (Å²) in [5.41, 5.74) is 3.63. The summed E-state index contributed by atoms with van der Waals surface area (Å²) in [6.07, 6.45) is 2.91. The van der Waals surface area contributed by atoms with Crippen LogP contribution in [0, 0.1) is 0 Å². The number of piperidine rings is 1. The first-order chi connectivity index (χ1) is 21.7. The number of benzene rings is 3. The molecule has 240 valence electrons. The smallest absolute Gasteiger partial charge is 0.253 e. The van der Waals surface area contributed by atoms with Gasteiger partial charge in [0.1, 0.15) is 0 Å². The lowest BCUT2D eigenvalue weighted by atomic mass is 9.94. The molecule has 5 rings (SSSR count). The van der Waals surface area contributed by atoms with Gasteiger partial charge in [-0.05, 0) is 67.8 Å². The number of aromatic nitrogens is 2. The second-order valence-corrected chi connectivity index (χ2v) is 12.3. The molecule has 1 aliphatic heterocycles. The topological polar surface area (TPSA) is 81.1 Å². The summed E-state index contributed by atoms with van der Waals surface area (Å²) in [6.45, 7) is 3.36. The van der Waals surface area contributed by atoms with Crippen LogP contribution in [0.3, 0.4) is 0 Å². The number of likely N-dealkylation sites (N-methyl/N-ethyl adjacent to an activating group) is 1. The van der Waals surface area contributed by atoms with Crippen LogP contribution in [-0.4, -0.2) is 85.9 Å². The molecule has 0 radical (unpaired) electrons. The van der Waals surface area contributed by atoms with E-state index in [1.54, 1.807) is 17.0 Å². The number of imidazole rings is 1. The number of nitrogens with zero attached hydrogens (tertiary/aromatic N) is 4. The lowest BCUT2D eigenvalue weighted by Crippen LogP contribution is -2.40. The molecule has 0 saturated carbocycles. The van der Waals surface area contributed by atoms with Crippen LogP contribution in [0.25, 0.3) is 11.0 Å². The second kappa shape index (κ2) is 14.6. The van der Waals surface area contributed by atoms with Gasteiger partial charge in [0, 0.05) is 51.3 Å². The predicted octanol–water partition coefficient (Wildman–Crippen LogP) is 6.73. The highest BCUT2D eigenvalue weighted by Gasteiger charge is 2.25. The van der Waals surface area contributed by atoms with Crippen LogP contribution in [0.1, 0.15) is 41.1 Å². The van der Waals surface area contributed by atoms with E-state index in [4.69, 9.17) is 42.4 Å². The number of aryl methyl sites for hydroxylation is 1. The van der Waals surface area contributed by atoms with Gasteiger partial charge >= 0.3 is 0 Å². The first-order valence-corrected chi connectivity index (χ1v) is 15.9. The molecule has 1 aliphatic rings. The molecule has 1 atom stereocenters. The van der Waals surface area contributed by atoms with Gasteiger partial charge in [-0.15, -0.1) is 0 Å². The molecular formula is C34H41Cl2N5O4. The van der Waals surface area contributed by atoms with Crippen molar-refractivity contribution in [1.82, 2.24) is 19.4 Å². The third kappa shape index (κ3) is 7.43. The minimum atomic E-state index is -0.145. The number of halogens is 2. The Bertz CT molecular complexity index is 1610. The van der Waals surface area contributed by atoms with Gasteiger partial charge in [-0.25, -0.2) is 4.98 Å². The summed E-state index contributed by atoms with van der Waals surface area (Å²) in [5.74, 6) is 2.13. The van der Waals surface area contributed by atoms with Gasteiger partial charge in [-0.2, -0.15) is 0 Å². The quantitative estimate of drug-likeness (QED) is 0.182. The van der Waals surface area contributed by atoms with E-state index in [0.717, 1.165) is 61.4 Å². The van der Waals surface area contributed by atoms with Gasteiger partial charge in [-0.3, -0.25) is 4.79 Å². The molecule has 1 unspecified atom stereocenters. The Balaban J connectivity index is 1.24. The van der Waals surface area contributed by atoms with E-state index in [1.807, 2.05) is 43.4 Å². The van der Waals surface area contributed by atoms with Crippen LogP contribution in [0.2, 0.25) is 10.0 Å². The zero-order valence-electron chi connectivity index (χ0n) is 26.5. The maximum atomic E-state index is 13.6. The highest BCUT2D eigenvalue weighted by Crippen LogP contribution is 2.39. The van der Waals surface area contributed by atoms with Crippen molar-refractivity contribution >= 4 is 46.1 Å². The minimum Gasteiger partial charge on any atom is -0.493 e. The summed E-state index contributed by atoms with van der Waals surface area (Å²) in [6, 6.07) is 17.7. The molecule has 1 aromatic heterocycles. The van der Waals surface area contributed by atoms with Gasteiger partial charge in [0.2, 0.25) is 11.7 Å². The molecule has 1 saturated heterocycles. The normalized spacial score (nSPS) is 14.7. The van der Waals surface area contributed by atoms with Crippen LogP contribution in [0.15, 0.2) is 54.6 Å². The van der Waals surface area contributed by atoms with Crippen LogP contribution in [-0.2, 0) is 7.05 Å². The third-order valence-corrected chi connectivity index (χ3v) is 9.41. The Hall–Kier alpha value is -3.66. The molecule has 1 N–H and O–H groups in total. The Kier molecular flexibility index (Phi) is 10.6. The lowest BCUT2D eigenvalue weighted by Gasteiger charge is -2.34. The fourth-order valence-corrected chi connectivity index (χ4v) is 6.37. The highest BCUT2D eigenvalue weighted by atomic mass is 35.5. The fraction of sp³-hybridized carbons (Fsp3) is 0.412. The maximum absolute atomic E-state index is 13.6. The number of para-hydroxylation sites is 2. The molecule has 0 aliphatic carbocycles. The largest absolute Gasteiger partial charge is 0.493 e. The summed E-state index contributed by atoms with van der Waals surface area (Å²) in [4.78, 5) is 22.7. The first kappa shape index (κ1) is 32.7. The second-order valence-electron chi connectivity index (χ2n) is 11.5. The lowest BCUT2D eigenvalue weighted by molar-refractivity contribution is 0.0781. The molecule has 1 fully saturated rings. The summed E-state index contributed by atoms with van der Waals surface area (Å²) >= 11 is 12.7. The molecule has 11 heteroatoms. The van der Waals surface area contributed by atoms with Gasteiger partial charge in [-0.1, -0.05) is 41.4 Å². The fourth-order valence-electron chi connectivity index (χ4n) is 6.06. The standard InChI is InChI=1S/C34H41Cl2N5O4/c1-39(33(42)24-19-30(43-3)32(45-5)31(20-24)44-4)21-23(22-10-11-26(35)27(36)18-22)12-15-41-16-13-25(14-17-41)37-34-38-28-8-6-7-9-29(28)40(34)2/h6-11,18-20,23,25H,12-17,21H2,1-5H3,(H,37,38). The van der Waals surface area contributed by atoms with Gasteiger partial charge in [0.05, 0.1) is 42.4 Å². The number of anilines is 1. The number of nitrogens with one attached hydrogen (secondary N) is 1. The van der Waals surface area contributed by atoms with Crippen molar-refractivity contribution < 1.29 is 19.0 Å². The average Bonchev–Trinajstić information content (AvgIpc) is 3.38. The van der Waals surface area contributed by atoms with Crippen LogP contribution in [0.5, 0.6) is 17.2 Å². The number of likely N-dealkylation sites (tertiary alicyclic amines) is 1. The molecule has 45 heavy (non-hydrogen) atoms. The summed E-state index contributed by atoms with van der Waals surface area (Å²) in [5, 5.41) is 4.68. The van der Waals surface area contributed by atoms with Crippen molar-refractivity contribution in [3.05, 3.63) is 75.8 Å². The van der Waals surface area contributed by atoms with Crippen molar-refractivity contribution in [2.45, 2.75) is 31.2 Å². The Morgan fingerprint density at radius 3 is 2.31 bits per heavy atom. The Morgan fingerprint density at radius 1 is 1.00 bits per heavy atom. The maximum Gasteiger partial charge on any atom is 0.253 e. The number of rotatable bonds is 12. The zero-order chi connectivity index (χ0) is 32.1. The highest BCUT2D eigenvalue weighted by molar-refractivity contribution is 6.42. The van der Waals surface area contributed by atoms with E-state index in [9.17, 15) is 4.79 Å². The van der Waals surface area contributed by atoms with Crippen molar-refractivity contribution in [2.24, 2.45) is 7.05 Å². The number of hydrogen-bond donors (Lipinski definition) is 1. The number of ether oxygens (including phenoxy) is 3. The molecule has 2 heterocycles. The number of amides is 1. The van der Waals surface area contributed by atoms with E-state index < -0.39 is 0 Å². The van der Waals surface area contributed by atoms with Gasteiger partial charge < -0.3 is 33.9 Å². The summed E-state index contributed by atoms with van der Waals surface area (Å²) < 4.78 is 18.5. The number of fused-ring (bicyclic) bond motifs is 1. The van der Waals surface area contributed by atoms with Crippen molar-refractivity contribution in [2.75, 3.05) is 59.9 Å². The SMILES string of the molecule is COc1cc(C(=O)N(C)CC(CCN2CCC(Nc3nc4ccccc4n3C)CC2)c2ccc(Cl)c(Cl)c2)cc(OC)c1OC. The Morgan fingerprint density at radius 2 is 1.69 bits per heavy atom. The molecule has 0 spiro atoms. The van der Waals surface area contributed by atoms with Crippen LogP contribution in [0.4, 0.5) is 5.95 Å². The van der Waals surface area contributed by atoms with Crippen molar-refractivity contribution in [3.63, 3.8) is 0 Å². The molecule has 3 aromatic carbocycles. The molecule has 1 amide bonds. The number of carbonyl (C=O) groups excluding carboxylic acids is 1. The third-order valence-electron chi connectivity index (χ3n) is 8.67. The van der Waals surface area contributed by atoms with E-state index in [2.05, 4.69) is 27.9 Å². The monoisotopic (exact) mass is 653 g/mol. The van der Waals surface area contributed by atoms with Crippen LogP contribution >= 0.6 is 23.2 Å². The number of hydrogen-bond acceptors (Lipinski definition) is 7. The van der Waals surface area contributed by atoms with E-state index in [0.29, 0.717) is 45.4 Å². The van der Waals surface area contributed by atoms with Gasteiger partial charge in [0.15, 0.2) is 11.5 Å². The first-order valence-electron chi connectivity index (χ1n) is 15.1. The van der Waals surface area contributed by atoms with Crippen LogP contribution < -0.4 is 19.5 Å². The number of methoxy groups -OCH3 is 3. The number of carbonyl (C=O) groups is 1. The van der Waals surface area contributed by atoms with E-state index in [1.165, 1.54) is 21.3 Å². The molecule has 0 bridgehead atoms. The molecular weight excluding hydrogens is 613 g/mol.